The normalized spacial score (nSPS) is 10.7. The summed E-state index contributed by atoms with van der Waals surface area (Å²) in [5.41, 5.74) is 5.69. The highest BCUT2D eigenvalue weighted by atomic mass is 16.6. The van der Waals surface area contributed by atoms with Crippen molar-refractivity contribution < 1.29 is 4.92 Å². The van der Waals surface area contributed by atoms with E-state index in [0.717, 1.165) is 19.3 Å². The molecule has 0 amide bonds. The van der Waals surface area contributed by atoms with Crippen molar-refractivity contribution in [3.05, 3.63) is 15.8 Å². The second kappa shape index (κ2) is 6.86. The highest BCUT2D eigenvalue weighted by molar-refractivity contribution is 5.60. The van der Waals surface area contributed by atoms with E-state index < -0.39 is 4.92 Å². The standard InChI is InChI=1S/C12H21N5O2/c1-8(2)6-4-5-7-14-11-10(17(18)19)9(3)15-12(13)16-11/h8H,4-7H2,1-3H3,(H3,13,14,15,16). The number of nitrogens with one attached hydrogen (secondary N) is 1. The maximum atomic E-state index is 11.0. The van der Waals surface area contributed by atoms with Crippen LogP contribution in [-0.4, -0.2) is 21.4 Å². The van der Waals surface area contributed by atoms with E-state index in [1.165, 1.54) is 0 Å². The van der Waals surface area contributed by atoms with Crippen LogP contribution in [0.2, 0.25) is 0 Å². The quantitative estimate of drug-likeness (QED) is 0.446. The summed E-state index contributed by atoms with van der Waals surface area (Å²) in [6.45, 7) is 6.54. The van der Waals surface area contributed by atoms with Crippen molar-refractivity contribution in [2.24, 2.45) is 5.92 Å². The van der Waals surface area contributed by atoms with Gasteiger partial charge in [-0.15, -0.1) is 0 Å². The van der Waals surface area contributed by atoms with Gasteiger partial charge in [-0.3, -0.25) is 10.1 Å². The molecule has 0 aromatic carbocycles. The molecule has 19 heavy (non-hydrogen) atoms. The Morgan fingerprint density at radius 3 is 2.63 bits per heavy atom. The number of nitrogens with two attached hydrogens (primary N) is 1. The Kier molecular flexibility index (Phi) is 5.47. The van der Waals surface area contributed by atoms with Crippen molar-refractivity contribution in [1.82, 2.24) is 9.97 Å². The monoisotopic (exact) mass is 267 g/mol. The Labute approximate surface area is 112 Å². The van der Waals surface area contributed by atoms with Gasteiger partial charge in [0.25, 0.3) is 0 Å². The first-order chi connectivity index (χ1) is 8.91. The highest BCUT2D eigenvalue weighted by Gasteiger charge is 2.20. The summed E-state index contributed by atoms with van der Waals surface area (Å²) in [5.74, 6) is 0.929. The first-order valence-corrected chi connectivity index (χ1v) is 6.44. The first kappa shape index (κ1) is 15.1. The van der Waals surface area contributed by atoms with E-state index in [4.69, 9.17) is 5.73 Å². The van der Waals surface area contributed by atoms with Gasteiger partial charge in [0.15, 0.2) is 0 Å². The molecule has 0 saturated carbocycles. The molecule has 0 aliphatic carbocycles. The molecule has 1 aromatic rings. The molecule has 0 saturated heterocycles. The molecule has 0 unspecified atom stereocenters. The van der Waals surface area contributed by atoms with Crippen molar-refractivity contribution in [2.75, 3.05) is 17.6 Å². The Hall–Kier alpha value is -1.92. The number of hydrogen-bond donors (Lipinski definition) is 2. The fraction of sp³-hybridized carbons (Fsp3) is 0.667. The van der Waals surface area contributed by atoms with Gasteiger partial charge in [-0.1, -0.05) is 26.7 Å². The van der Waals surface area contributed by atoms with Gasteiger partial charge in [0.05, 0.1) is 4.92 Å². The average Bonchev–Trinajstić information content (AvgIpc) is 2.26. The summed E-state index contributed by atoms with van der Waals surface area (Å²) in [6.07, 6.45) is 3.17. The van der Waals surface area contributed by atoms with Gasteiger partial charge in [-0.2, -0.15) is 4.98 Å². The van der Waals surface area contributed by atoms with Crippen molar-refractivity contribution in [1.29, 1.82) is 0 Å². The molecule has 1 rings (SSSR count). The van der Waals surface area contributed by atoms with Gasteiger partial charge in [0, 0.05) is 6.54 Å². The van der Waals surface area contributed by atoms with Crippen molar-refractivity contribution in [3.63, 3.8) is 0 Å². The zero-order valence-electron chi connectivity index (χ0n) is 11.6. The highest BCUT2D eigenvalue weighted by Crippen LogP contribution is 2.25. The maximum absolute atomic E-state index is 11.0. The van der Waals surface area contributed by atoms with Crippen molar-refractivity contribution in [2.45, 2.75) is 40.0 Å². The van der Waals surface area contributed by atoms with Crippen LogP contribution in [0.5, 0.6) is 0 Å². The number of rotatable bonds is 7. The topological polar surface area (TPSA) is 107 Å². The van der Waals surface area contributed by atoms with E-state index in [1.807, 2.05) is 0 Å². The van der Waals surface area contributed by atoms with Gasteiger partial charge >= 0.3 is 5.69 Å². The Morgan fingerprint density at radius 2 is 2.05 bits per heavy atom. The molecule has 0 radical (unpaired) electrons. The molecule has 0 aliphatic rings. The number of nitrogens with zero attached hydrogens (tertiary/aromatic N) is 3. The molecule has 1 aromatic heterocycles. The number of aryl methyl sites for hydroxylation is 1. The third-order valence-electron chi connectivity index (χ3n) is 2.76. The molecule has 3 N–H and O–H groups in total. The summed E-state index contributed by atoms with van der Waals surface area (Å²) >= 11 is 0. The fourth-order valence-electron chi connectivity index (χ4n) is 1.81. The second-order valence-corrected chi connectivity index (χ2v) is 4.94. The van der Waals surface area contributed by atoms with Crippen LogP contribution in [0.3, 0.4) is 0 Å². The third-order valence-corrected chi connectivity index (χ3v) is 2.76. The van der Waals surface area contributed by atoms with E-state index in [-0.39, 0.29) is 23.1 Å². The Morgan fingerprint density at radius 1 is 1.37 bits per heavy atom. The van der Waals surface area contributed by atoms with Crippen molar-refractivity contribution >= 4 is 17.5 Å². The minimum absolute atomic E-state index is 0.0489. The summed E-state index contributed by atoms with van der Waals surface area (Å²) in [6, 6.07) is 0. The van der Waals surface area contributed by atoms with Crippen LogP contribution in [0, 0.1) is 23.0 Å². The number of hydrogen-bond acceptors (Lipinski definition) is 6. The van der Waals surface area contributed by atoms with Gasteiger partial charge in [0.1, 0.15) is 5.69 Å². The summed E-state index contributed by atoms with van der Waals surface area (Å²) in [4.78, 5) is 18.2. The van der Waals surface area contributed by atoms with E-state index >= 15 is 0 Å². The van der Waals surface area contributed by atoms with Gasteiger partial charge in [-0.05, 0) is 19.3 Å². The van der Waals surface area contributed by atoms with Crippen LogP contribution in [-0.2, 0) is 0 Å². The minimum Gasteiger partial charge on any atom is -0.368 e. The summed E-state index contributed by atoms with van der Waals surface area (Å²) in [7, 11) is 0. The van der Waals surface area contributed by atoms with E-state index in [9.17, 15) is 10.1 Å². The van der Waals surface area contributed by atoms with Crippen molar-refractivity contribution in [3.8, 4) is 0 Å². The van der Waals surface area contributed by atoms with Crippen LogP contribution in [0.25, 0.3) is 0 Å². The fourth-order valence-corrected chi connectivity index (χ4v) is 1.81. The Bertz CT molecular complexity index is 448. The second-order valence-electron chi connectivity index (χ2n) is 4.94. The van der Waals surface area contributed by atoms with Crippen LogP contribution in [0.1, 0.15) is 38.8 Å². The number of nitrogen functional groups attached to an aromatic ring is 1. The summed E-state index contributed by atoms with van der Waals surface area (Å²) < 4.78 is 0. The largest absolute Gasteiger partial charge is 0.368 e. The van der Waals surface area contributed by atoms with Crippen LogP contribution >= 0.6 is 0 Å². The van der Waals surface area contributed by atoms with E-state index in [1.54, 1.807) is 6.92 Å². The average molecular weight is 267 g/mol. The SMILES string of the molecule is Cc1nc(N)nc(NCCCCC(C)C)c1[N+](=O)[O-]. The minimum atomic E-state index is -0.481. The molecule has 0 fully saturated rings. The molecule has 0 spiro atoms. The maximum Gasteiger partial charge on any atom is 0.332 e. The zero-order chi connectivity index (χ0) is 14.4. The lowest BCUT2D eigenvalue weighted by molar-refractivity contribution is -0.385. The molecule has 7 nitrogen and oxygen atoms in total. The number of nitro groups is 1. The van der Waals surface area contributed by atoms with Gasteiger partial charge in [0.2, 0.25) is 11.8 Å². The van der Waals surface area contributed by atoms with Crippen LogP contribution in [0.15, 0.2) is 0 Å². The van der Waals surface area contributed by atoms with Crippen LogP contribution in [0.4, 0.5) is 17.5 Å². The number of aromatic nitrogens is 2. The third kappa shape index (κ3) is 4.69. The Balaban J connectivity index is 2.64. The predicted octanol–water partition coefficient (Wildman–Crippen LogP) is 2.51. The van der Waals surface area contributed by atoms with Crippen LogP contribution < -0.4 is 11.1 Å². The first-order valence-electron chi connectivity index (χ1n) is 6.44. The zero-order valence-corrected chi connectivity index (χ0v) is 11.6. The molecular formula is C12H21N5O2. The number of anilines is 2. The molecular weight excluding hydrogens is 246 g/mol. The lowest BCUT2D eigenvalue weighted by atomic mass is 10.1. The number of unbranched alkanes of at least 4 members (excludes halogenated alkanes) is 1. The van der Waals surface area contributed by atoms with Gasteiger partial charge < -0.3 is 11.1 Å². The molecule has 0 aliphatic heterocycles. The summed E-state index contributed by atoms with van der Waals surface area (Å²) in [5, 5.41) is 14.0. The molecule has 0 atom stereocenters. The smallest absolute Gasteiger partial charge is 0.332 e. The lowest BCUT2D eigenvalue weighted by Gasteiger charge is -2.08. The van der Waals surface area contributed by atoms with E-state index in [2.05, 4.69) is 29.1 Å². The van der Waals surface area contributed by atoms with E-state index in [0.29, 0.717) is 12.5 Å². The van der Waals surface area contributed by atoms with Gasteiger partial charge in [-0.25, -0.2) is 4.98 Å². The molecule has 1 heterocycles. The predicted molar refractivity (Wildman–Crippen MR) is 75.0 cm³/mol. The molecule has 106 valence electrons. The molecule has 7 heteroatoms. The molecule has 0 bridgehead atoms. The lowest BCUT2D eigenvalue weighted by Crippen LogP contribution is -2.10.